The Balaban J connectivity index is 3.17. The average Bonchev–Trinajstić information content (AvgIpc) is 1.88. The summed E-state index contributed by atoms with van der Waals surface area (Å²) in [7, 11) is 0. The molecule has 0 aliphatic carbocycles. The Morgan fingerprint density at radius 1 is 1.50 bits per heavy atom. The van der Waals surface area contributed by atoms with E-state index >= 15 is 0 Å². The molecule has 0 aromatic heterocycles. The van der Waals surface area contributed by atoms with Gasteiger partial charge in [0.05, 0.1) is 0 Å². The van der Waals surface area contributed by atoms with E-state index in [1.807, 2.05) is 12.1 Å². The van der Waals surface area contributed by atoms with E-state index in [0.717, 1.165) is 4.47 Å². The SMILES string of the molecule is Cc1cccc(Br)c1CN. The zero-order valence-corrected chi connectivity index (χ0v) is 7.48. The van der Waals surface area contributed by atoms with Gasteiger partial charge in [-0.2, -0.15) is 0 Å². The highest BCUT2D eigenvalue weighted by molar-refractivity contribution is 9.10. The maximum Gasteiger partial charge on any atom is 0.0222 e. The highest BCUT2D eigenvalue weighted by Crippen LogP contribution is 2.18. The lowest BCUT2D eigenvalue weighted by Gasteiger charge is -2.03. The van der Waals surface area contributed by atoms with Crippen LogP contribution in [0.1, 0.15) is 11.1 Å². The Hall–Kier alpha value is -0.340. The van der Waals surface area contributed by atoms with Crippen LogP contribution in [-0.2, 0) is 6.54 Å². The van der Waals surface area contributed by atoms with E-state index in [0.29, 0.717) is 6.54 Å². The van der Waals surface area contributed by atoms with E-state index < -0.39 is 0 Å². The molecule has 0 aliphatic rings. The van der Waals surface area contributed by atoms with Crippen molar-refractivity contribution in [2.24, 2.45) is 5.73 Å². The van der Waals surface area contributed by atoms with E-state index in [1.165, 1.54) is 11.1 Å². The Labute approximate surface area is 69.4 Å². The normalized spacial score (nSPS) is 9.90. The lowest BCUT2D eigenvalue weighted by Crippen LogP contribution is -1.99. The molecule has 0 saturated carbocycles. The minimum absolute atomic E-state index is 0.604. The number of nitrogens with two attached hydrogens (primary N) is 1. The quantitative estimate of drug-likeness (QED) is 0.738. The fraction of sp³-hybridized carbons (Fsp3) is 0.250. The molecule has 0 unspecified atom stereocenters. The molecule has 1 nitrogen and oxygen atoms in total. The molecule has 1 rings (SSSR count). The highest BCUT2D eigenvalue weighted by atomic mass is 79.9. The van der Waals surface area contributed by atoms with Gasteiger partial charge in [0.25, 0.3) is 0 Å². The van der Waals surface area contributed by atoms with Crippen molar-refractivity contribution in [3.63, 3.8) is 0 Å². The third kappa shape index (κ3) is 1.39. The molecule has 1 aromatic carbocycles. The molecule has 0 bridgehead atoms. The number of hydrogen-bond acceptors (Lipinski definition) is 1. The Bertz CT molecular complexity index is 212. The molecule has 2 N–H and O–H groups in total. The van der Waals surface area contributed by atoms with Gasteiger partial charge in [-0.3, -0.25) is 0 Å². The largest absolute Gasteiger partial charge is 0.326 e. The summed E-state index contributed by atoms with van der Waals surface area (Å²) in [6.45, 7) is 2.67. The summed E-state index contributed by atoms with van der Waals surface area (Å²) in [5.74, 6) is 0. The molecule has 0 aliphatic heterocycles. The second kappa shape index (κ2) is 3.17. The predicted molar refractivity (Wildman–Crippen MR) is 46.8 cm³/mol. The van der Waals surface area contributed by atoms with E-state index in [2.05, 4.69) is 28.9 Å². The van der Waals surface area contributed by atoms with Gasteiger partial charge in [0.15, 0.2) is 0 Å². The van der Waals surface area contributed by atoms with Gasteiger partial charge in [0.2, 0.25) is 0 Å². The van der Waals surface area contributed by atoms with Gasteiger partial charge in [0, 0.05) is 11.0 Å². The molecule has 0 fully saturated rings. The van der Waals surface area contributed by atoms with Crippen LogP contribution in [0, 0.1) is 6.92 Å². The second-order valence-electron chi connectivity index (χ2n) is 2.24. The summed E-state index contributed by atoms with van der Waals surface area (Å²) in [5.41, 5.74) is 7.97. The van der Waals surface area contributed by atoms with Crippen molar-refractivity contribution in [1.29, 1.82) is 0 Å². The number of halogens is 1. The second-order valence-corrected chi connectivity index (χ2v) is 3.09. The lowest BCUT2D eigenvalue weighted by molar-refractivity contribution is 1.04. The Kier molecular flexibility index (Phi) is 2.46. The molecule has 0 heterocycles. The Morgan fingerprint density at radius 2 is 2.20 bits per heavy atom. The van der Waals surface area contributed by atoms with Crippen LogP contribution in [0.25, 0.3) is 0 Å². The van der Waals surface area contributed by atoms with Crippen molar-refractivity contribution in [3.05, 3.63) is 33.8 Å². The van der Waals surface area contributed by atoms with Gasteiger partial charge in [-0.15, -0.1) is 0 Å². The summed E-state index contributed by atoms with van der Waals surface area (Å²) in [6.07, 6.45) is 0. The smallest absolute Gasteiger partial charge is 0.0222 e. The summed E-state index contributed by atoms with van der Waals surface area (Å²) in [5, 5.41) is 0. The number of hydrogen-bond donors (Lipinski definition) is 1. The van der Waals surface area contributed by atoms with E-state index in [4.69, 9.17) is 5.73 Å². The van der Waals surface area contributed by atoms with Gasteiger partial charge >= 0.3 is 0 Å². The molecule has 0 amide bonds. The number of aryl methyl sites for hydroxylation is 1. The van der Waals surface area contributed by atoms with Crippen LogP contribution in [0.3, 0.4) is 0 Å². The average molecular weight is 200 g/mol. The minimum Gasteiger partial charge on any atom is -0.326 e. The first-order chi connectivity index (χ1) is 4.75. The zero-order chi connectivity index (χ0) is 7.56. The molecular weight excluding hydrogens is 190 g/mol. The number of benzene rings is 1. The van der Waals surface area contributed by atoms with Crippen LogP contribution in [-0.4, -0.2) is 0 Å². The van der Waals surface area contributed by atoms with E-state index in [9.17, 15) is 0 Å². The van der Waals surface area contributed by atoms with Crippen LogP contribution in [0.5, 0.6) is 0 Å². The molecule has 0 atom stereocenters. The topological polar surface area (TPSA) is 26.0 Å². The van der Waals surface area contributed by atoms with Crippen LogP contribution < -0.4 is 5.73 Å². The summed E-state index contributed by atoms with van der Waals surface area (Å²) >= 11 is 3.43. The van der Waals surface area contributed by atoms with Crippen molar-refractivity contribution in [1.82, 2.24) is 0 Å². The maximum absolute atomic E-state index is 5.52. The molecular formula is C8H10BrN. The molecule has 0 radical (unpaired) electrons. The van der Waals surface area contributed by atoms with Gasteiger partial charge in [0.1, 0.15) is 0 Å². The van der Waals surface area contributed by atoms with Gasteiger partial charge in [-0.1, -0.05) is 28.1 Å². The van der Waals surface area contributed by atoms with Crippen LogP contribution >= 0.6 is 15.9 Å². The van der Waals surface area contributed by atoms with Crippen molar-refractivity contribution in [2.45, 2.75) is 13.5 Å². The van der Waals surface area contributed by atoms with E-state index in [-0.39, 0.29) is 0 Å². The first-order valence-corrected chi connectivity index (χ1v) is 3.99. The summed E-state index contributed by atoms with van der Waals surface area (Å²) in [6, 6.07) is 6.08. The fourth-order valence-corrected chi connectivity index (χ4v) is 1.55. The lowest BCUT2D eigenvalue weighted by atomic mass is 10.1. The molecule has 0 saturated heterocycles. The first-order valence-electron chi connectivity index (χ1n) is 3.19. The van der Waals surface area contributed by atoms with Gasteiger partial charge in [-0.05, 0) is 24.1 Å². The van der Waals surface area contributed by atoms with Crippen molar-refractivity contribution >= 4 is 15.9 Å². The molecule has 1 aromatic rings. The van der Waals surface area contributed by atoms with Crippen molar-refractivity contribution < 1.29 is 0 Å². The fourth-order valence-electron chi connectivity index (χ4n) is 0.925. The van der Waals surface area contributed by atoms with Gasteiger partial charge in [-0.25, -0.2) is 0 Å². The van der Waals surface area contributed by atoms with Crippen LogP contribution in [0.15, 0.2) is 22.7 Å². The molecule has 54 valence electrons. The minimum atomic E-state index is 0.604. The Morgan fingerprint density at radius 3 is 2.60 bits per heavy atom. The first kappa shape index (κ1) is 7.76. The van der Waals surface area contributed by atoms with E-state index in [1.54, 1.807) is 0 Å². The van der Waals surface area contributed by atoms with Crippen LogP contribution in [0.4, 0.5) is 0 Å². The van der Waals surface area contributed by atoms with Crippen molar-refractivity contribution in [2.75, 3.05) is 0 Å². The van der Waals surface area contributed by atoms with Crippen molar-refractivity contribution in [3.8, 4) is 0 Å². The summed E-state index contributed by atoms with van der Waals surface area (Å²) in [4.78, 5) is 0. The predicted octanol–water partition coefficient (Wildman–Crippen LogP) is 2.22. The van der Waals surface area contributed by atoms with Crippen LogP contribution in [0.2, 0.25) is 0 Å². The maximum atomic E-state index is 5.52. The van der Waals surface area contributed by atoms with Gasteiger partial charge < -0.3 is 5.73 Å². The zero-order valence-electron chi connectivity index (χ0n) is 5.89. The third-order valence-corrected chi connectivity index (χ3v) is 2.30. The highest BCUT2D eigenvalue weighted by Gasteiger charge is 1.98. The monoisotopic (exact) mass is 199 g/mol. The number of rotatable bonds is 1. The molecule has 2 heteroatoms. The third-order valence-electron chi connectivity index (χ3n) is 1.56. The summed E-state index contributed by atoms with van der Waals surface area (Å²) < 4.78 is 1.11. The molecule has 0 spiro atoms. The standard InChI is InChI=1S/C8H10BrN/c1-6-3-2-4-8(9)7(6)5-10/h2-4H,5,10H2,1H3. The molecule has 10 heavy (non-hydrogen) atoms.